The quantitative estimate of drug-likeness (QED) is 0.656. The number of halogens is 3. The third-order valence-electron chi connectivity index (χ3n) is 6.07. The number of carbonyl (C=O) groups excluding carboxylic acids is 3. The standard InChI is InChI=1S/C24H25F3N4O4/c1-16-13-18(24(25,26)27)14-20(28-16)31-19(7-8-21(31)32)22(33)29-9-11-30(12-10-29)23(34)35-15-17-5-3-2-4-6-17/h2-6,13-14,19H,7-12,15H2,1H3/t19-/m0/s1. The van der Waals surface area contributed by atoms with Gasteiger partial charge in [0.15, 0.2) is 0 Å². The molecule has 2 saturated heterocycles. The van der Waals surface area contributed by atoms with Gasteiger partial charge in [0.2, 0.25) is 11.8 Å². The van der Waals surface area contributed by atoms with Gasteiger partial charge in [-0.2, -0.15) is 13.2 Å². The van der Waals surface area contributed by atoms with Crippen molar-refractivity contribution >= 4 is 23.7 Å². The number of benzene rings is 1. The van der Waals surface area contributed by atoms with Crippen LogP contribution in [0.3, 0.4) is 0 Å². The molecule has 3 amide bonds. The van der Waals surface area contributed by atoms with Crippen LogP contribution in [0, 0.1) is 6.92 Å². The summed E-state index contributed by atoms with van der Waals surface area (Å²) < 4.78 is 45.2. The summed E-state index contributed by atoms with van der Waals surface area (Å²) in [4.78, 5) is 46.4. The van der Waals surface area contributed by atoms with E-state index in [1.807, 2.05) is 30.3 Å². The number of carbonyl (C=O) groups is 3. The van der Waals surface area contributed by atoms with Gasteiger partial charge in [-0.15, -0.1) is 0 Å². The lowest BCUT2D eigenvalue weighted by Crippen LogP contribution is -2.55. The van der Waals surface area contributed by atoms with E-state index >= 15 is 0 Å². The van der Waals surface area contributed by atoms with Crippen molar-refractivity contribution in [1.29, 1.82) is 0 Å². The largest absolute Gasteiger partial charge is 0.445 e. The minimum Gasteiger partial charge on any atom is -0.445 e. The third kappa shape index (κ3) is 5.55. The Morgan fingerprint density at radius 2 is 1.71 bits per heavy atom. The number of hydrogen-bond donors (Lipinski definition) is 0. The third-order valence-corrected chi connectivity index (χ3v) is 6.07. The lowest BCUT2D eigenvalue weighted by molar-refractivity contribution is -0.137. The van der Waals surface area contributed by atoms with E-state index in [0.717, 1.165) is 22.6 Å². The minimum absolute atomic E-state index is 0.0408. The van der Waals surface area contributed by atoms with Gasteiger partial charge in [-0.05, 0) is 31.0 Å². The zero-order valence-electron chi connectivity index (χ0n) is 19.1. The molecule has 2 aliphatic heterocycles. The predicted molar refractivity (Wildman–Crippen MR) is 119 cm³/mol. The van der Waals surface area contributed by atoms with Gasteiger partial charge < -0.3 is 14.5 Å². The smallest absolute Gasteiger partial charge is 0.416 e. The fourth-order valence-electron chi connectivity index (χ4n) is 4.27. The maximum absolute atomic E-state index is 13.3. The first-order chi connectivity index (χ1) is 16.6. The molecule has 0 radical (unpaired) electrons. The van der Waals surface area contributed by atoms with Crippen LogP contribution in [-0.4, -0.2) is 64.9 Å². The SMILES string of the molecule is Cc1cc(C(F)(F)F)cc(N2C(=O)CC[C@H]2C(=O)N2CCN(C(=O)OCc3ccccc3)CC2)n1. The molecule has 8 nitrogen and oxygen atoms in total. The number of aryl methyl sites for hydroxylation is 1. The van der Waals surface area contributed by atoms with Crippen molar-refractivity contribution in [2.45, 2.75) is 38.6 Å². The van der Waals surface area contributed by atoms with Crippen molar-refractivity contribution in [2.24, 2.45) is 0 Å². The molecular formula is C24H25F3N4O4. The summed E-state index contributed by atoms with van der Waals surface area (Å²) in [5, 5.41) is 0. The van der Waals surface area contributed by atoms with Crippen LogP contribution >= 0.6 is 0 Å². The van der Waals surface area contributed by atoms with Crippen LogP contribution in [0.4, 0.5) is 23.8 Å². The molecule has 1 atom stereocenters. The highest BCUT2D eigenvalue weighted by atomic mass is 19.4. The summed E-state index contributed by atoms with van der Waals surface area (Å²) in [6, 6.07) is 10.0. The number of ether oxygens (including phenoxy) is 1. The van der Waals surface area contributed by atoms with Gasteiger partial charge in [-0.25, -0.2) is 9.78 Å². The molecule has 3 heterocycles. The lowest BCUT2D eigenvalue weighted by atomic mass is 10.1. The van der Waals surface area contributed by atoms with Crippen molar-refractivity contribution in [1.82, 2.24) is 14.8 Å². The van der Waals surface area contributed by atoms with E-state index in [2.05, 4.69) is 4.98 Å². The van der Waals surface area contributed by atoms with E-state index in [1.165, 1.54) is 16.7 Å². The van der Waals surface area contributed by atoms with Crippen LogP contribution in [0.1, 0.15) is 29.7 Å². The van der Waals surface area contributed by atoms with E-state index in [-0.39, 0.29) is 63.0 Å². The molecule has 0 saturated carbocycles. The van der Waals surface area contributed by atoms with Crippen molar-refractivity contribution in [2.75, 3.05) is 31.1 Å². The maximum Gasteiger partial charge on any atom is 0.416 e. The molecule has 0 spiro atoms. The summed E-state index contributed by atoms with van der Waals surface area (Å²) in [6.45, 7) is 2.51. The predicted octanol–water partition coefficient (Wildman–Crippen LogP) is 3.39. The summed E-state index contributed by atoms with van der Waals surface area (Å²) in [5.41, 5.74) is 0.0379. The molecular weight excluding hydrogens is 465 g/mol. The van der Waals surface area contributed by atoms with Gasteiger partial charge in [0, 0.05) is 38.3 Å². The molecule has 35 heavy (non-hydrogen) atoms. The van der Waals surface area contributed by atoms with E-state index in [9.17, 15) is 27.6 Å². The van der Waals surface area contributed by atoms with E-state index in [1.54, 1.807) is 0 Å². The number of rotatable bonds is 4. The summed E-state index contributed by atoms with van der Waals surface area (Å²) in [7, 11) is 0. The Labute approximate surface area is 200 Å². The number of pyridine rings is 1. The molecule has 0 N–H and O–H groups in total. The van der Waals surface area contributed by atoms with Crippen LogP contribution in [0.15, 0.2) is 42.5 Å². The lowest BCUT2D eigenvalue weighted by Gasteiger charge is -2.36. The van der Waals surface area contributed by atoms with E-state index < -0.39 is 29.8 Å². The Bertz CT molecular complexity index is 1100. The van der Waals surface area contributed by atoms with Gasteiger partial charge in [-0.3, -0.25) is 14.5 Å². The molecule has 0 unspecified atom stereocenters. The van der Waals surface area contributed by atoms with Crippen LogP contribution in [-0.2, 0) is 27.1 Å². The summed E-state index contributed by atoms with van der Waals surface area (Å²) >= 11 is 0. The van der Waals surface area contributed by atoms with Gasteiger partial charge in [0.05, 0.1) is 5.56 Å². The van der Waals surface area contributed by atoms with Crippen LogP contribution < -0.4 is 4.90 Å². The summed E-state index contributed by atoms with van der Waals surface area (Å²) in [6.07, 6.45) is -4.86. The number of hydrogen-bond acceptors (Lipinski definition) is 5. The minimum atomic E-state index is -4.60. The van der Waals surface area contributed by atoms with Gasteiger partial charge in [-0.1, -0.05) is 30.3 Å². The molecule has 11 heteroatoms. The molecule has 2 aromatic rings. The molecule has 4 rings (SSSR count). The molecule has 2 aliphatic rings. The highest BCUT2D eigenvalue weighted by Gasteiger charge is 2.42. The average Bonchev–Trinajstić information content (AvgIpc) is 3.23. The first kappa shape index (κ1) is 24.5. The zero-order valence-corrected chi connectivity index (χ0v) is 19.1. The van der Waals surface area contributed by atoms with Gasteiger partial charge >= 0.3 is 12.3 Å². The van der Waals surface area contributed by atoms with Crippen LogP contribution in [0.5, 0.6) is 0 Å². The topological polar surface area (TPSA) is 83.1 Å². The Hall–Kier alpha value is -3.63. The van der Waals surface area contributed by atoms with Crippen molar-refractivity contribution in [3.05, 3.63) is 59.3 Å². The molecule has 1 aromatic heterocycles. The highest BCUT2D eigenvalue weighted by molar-refractivity contribution is 6.03. The summed E-state index contributed by atoms with van der Waals surface area (Å²) in [5.74, 6) is -0.996. The molecule has 0 bridgehead atoms. The van der Waals surface area contributed by atoms with Crippen LogP contribution in [0.2, 0.25) is 0 Å². The normalized spacial score (nSPS) is 18.7. The second kappa shape index (κ2) is 9.93. The Morgan fingerprint density at radius 3 is 2.37 bits per heavy atom. The Morgan fingerprint density at radius 1 is 1.06 bits per heavy atom. The second-order valence-electron chi connectivity index (χ2n) is 8.52. The average molecular weight is 490 g/mol. The first-order valence-electron chi connectivity index (χ1n) is 11.3. The molecule has 1 aromatic carbocycles. The highest BCUT2D eigenvalue weighted by Crippen LogP contribution is 2.34. The number of aromatic nitrogens is 1. The van der Waals surface area contributed by atoms with Gasteiger partial charge in [0.25, 0.3) is 0 Å². The zero-order chi connectivity index (χ0) is 25.2. The van der Waals surface area contributed by atoms with Crippen LogP contribution in [0.25, 0.3) is 0 Å². The number of alkyl halides is 3. The second-order valence-corrected chi connectivity index (χ2v) is 8.52. The first-order valence-corrected chi connectivity index (χ1v) is 11.3. The van der Waals surface area contributed by atoms with Crippen molar-refractivity contribution in [3.8, 4) is 0 Å². The van der Waals surface area contributed by atoms with E-state index in [4.69, 9.17) is 4.74 Å². The Kier molecular flexibility index (Phi) is 6.95. The maximum atomic E-state index is 13.3. The molecule has 0 aliphatic carbocycles. The fourth-order valence-corrected chi connectivity index (χ4v) is 4.27. The molecule has 186 valence electrons. The Balaban J connectivity index is 1.39. The number of anilines is 1. The number of nitrogens with zero attached hydrogens (tertiary/aromatic N) is 4. The fraction of sp³-hybridized carbons (Fsp3) is 0.417. The van der Waals surface area contributed by atoms with Crippen molar-refractivity contribution in [3.63, 3.8) is 0 Å². The molecule has 2 fully saturated rings. The van der Waals surface area contributed by atoms with E-state index in [0.29, 0.717) is 0 Å². The number of amides is 3. The van der Waals surface area contributed by atoms with Gasteiger partial charge in [0.1, 0.15) is 18.5 Å². The monoisotopic (exact) mass is 490 g/mol. The number of piperazine rings is 1. The van der Waals surface area contributed by atoms with Crippen molar-refractivity contribution < 1.29 is 32.3 Å².